The first-order valence-corrected chi connectivity index (χ1v) is 3.46. The van der Waals surface area contributed by atoms with Crippen LogP contribution in [0.3, 0.4) is 0 Å². The van der Waals surface area contributed by atoms with Gasteiger partial charge in [0.25, 0.3) is 0 Å². The molecule has 0 aliphatic heterocycles. The van der Waals surface area contributed by atoms with Crippen molar-refractivity contribution < 1.29 is 0 Å². The molecule has 0 unspecified atom stereocenters. The van der Waals surface area contributed by atoms with Gasteiger partial charge in [-0.1, -0.05) is 12.2 Å². The summed E-state index contributed by atoms with van der Waals surface area (Å²) in [6.07, 6.45) is 3.92. The number of hydrogen-bond donors (Lipinski definition) is 0. The van der Waals surface area contributed by atoms with E-state index in [1.165, 1.54) is 0 Å². The van der Waals surface area contributed by atoms with E-state index in [1.54, 1.807) is 0 Å². The van der Waals surface area contributed by atoms with Gasteiger partial charge in [-0.2, -0.15) is 0 Å². The quantitative estimate of drug-likeness (QED) is 0.438. The van der Waals surface area contributed by atoms with Crippen molar-refractivity contribution in [2.75, 3.05) is 13.6 Å². The highest BCUT2D eigenvalue weighted by molar-refractivity contribution is 7.80. The lowest BCUT2D eigenvalue weighted by Crippen LogP contribution is -2.08. The topological polar surface area (TPSA) is 3.24 Å². The Balaban J connectivity index is 3.56. The normalized spacial score (nSPS) is 10.1. The minimum absolute atomic E-state index is 0.926. The maximum absolute atomic E-state index is 4.85. The molecule has 0 bridgehead atoms. The van der Waals surface area contributed by atoms with Crippen LogP contribution >= 0.6 is 12.2 Å². The Morgan fingerprint density at radius 3 is 2.56 bits per heavy atom. The minimum atomic E-state index is 0.926. The lowest BCUT2D eigenvalue weighted by molar-refractivity contribution is 0.484. The van der Waals surface area contributed by atoms with Gasteiger partial charge in [-0.25, -0.2) is 0 Å². The van der Waals surface area contributed by atoms with E-state index in [9.17, 15) is 0 Å². The van der Waals surface area contributed by atoms with Gasteiger partial charge in [0.2, 0.25) is 0 Å². The summed E-state index contributed by atoms with van der Waals surface area (Å²) < 4.78 is 0. The van der Waals surface area contributed by atoms with Crippen molar-refractivity contribution in [1.82, 2.24) is 4.90 Å². The molecule has 0 aromatic carbocycles. The van der Waals surface area contributed by atoms with Gasteiger partial charge in [-0.15, -0.1) is 0 Å². The summed E-state index contributed by atoms with van der Waals surface area (Å²) in [5, 5.41) is 0. The van der Waals surface area contributed by atoms with Crippen LogP contribution in [-0.2, 0) is 0 Å². The Labute approximate surface area is 62.4 Å². The van der Waals surface area contributed by atoms with Gasteiger partial charge in [-0.05, 0) is 26.1 Å². The van der Waals surface area contributed by atoms with Crippen molar-refractivity contribution in [2.24, 2.45) is 0 Å². The van der Waals surface area contributed by atoms with Crippen LogP contribution in [0.25, 0.3) is 0 Å². The van der Waals surface area contributed by atoms with E-state index in [2.05, 4.69) is 11.8 Å². The Hall–Kier alpha value is -0.370. The van der Waals surface area contributed by atoms with E-state index in [0.717, 1.165) is 11.4 Å². The molecule has 0 fully saturated rings. The van der Waals surface area contributed by atoms with Gasteiger partial charge in [0.1, 0.15) is 0 Å². The number of allylic oxidation sites excluding steroid dienone is 1. The molecule has 0 heterocycles. The zero-order valence-electron chi connectivity index (χ0n) is 6.22. The van der Waals surface area contributed by atoms with Crippen LogP contribution in [0, 0.1) is 0 Å². The van der Waals surface area contributed by atoms with E-state index < -0.39 is 0 Å². The molecule has 0 aromatic heterocycles. The van der Waals surface area contributed by atoms with Gasteiger partial charge in [0, 0.05) is 18.5 Å². The first kappa shape index (κ1) is 8.63. The minimum Gasteiger partial charge on any atom is -0.381 e. The Morgan fingerprint density at radius 1 is 1.67 bits per heavy atom. The Morgan fingerprint density at radius 2 is 2.22 bits per heavy atom. The highest BCUT2D eigenvalue weighted by atomic mass is 32.1. The maximum atomic E-state index is 4.85. The molecule has 0 amide bonds. The molecule has 0 radical (unpaired) electrons. The van der Waals surface area contributed by atoms with Gasteiger partial charge in [-0.3, -0.25) is 0 Å². The second-order valence-electron chi connectivity index (χ2n) is 2.00. The first-order chi connectivity index (χ1) is 4.16. The highest BCUT2D eigenvalue weighted by Gasteiger charge is 1.81. The third-order valence-corrected chi connectivity index (χ3v) is 1.20. The number of thiocarbonyl (C=S) groups is 1. The molecule has 0 spiro atoms. The molecular weight excluding hydrogens is 130 g/mol. The Kier molecular flexibility index (Phi) is 4.32. The molecule has 0 aliphatic rings. The first-order valence-electron chi connectivity index (χ1n) is 3.05. The van der Waals surface area contributed by atoms with Crippen LogP contribution in [0.15, 0.2) is 12.3 Å². The summed E-state index contributed by atoms with van der Waals surface area (Å²) in [4.78, 5) is 3.01. The van der Waals surface area contributed by atoms with Crippen molar-refractivity contribution >= 4 is 17.1 Å². The van der Waals surface area contributed by atoms with Crippen LogP contribution < -0.4 is 0 Å². The van der Waals surface area contributed by atoms with E-state index in [0.29, 0.717) is 0 Å². The Bertz CT molecular complexity index is 118. The van der Waals surface area contributed by atoms with Crippen molar-refractivity contribution in [3.05, 3.63) is 12.3 Å². The molecule has 0 aliphatic carbocycles. The number of rotatable bonds is 3. The molecule has 2 heteroatoms. The second-order valence-corrected chi connectivity index (χ2v) is 2.64. The fourth-order valence-electron chi connectivity index (χ4n) is 0.338. The third kappa shape index (κ3) is 5.50. The molecule has 1 nitrogen and oxygen atoms in total. The molecule has 0 saturated carbocycles. The van der Waals surface area contributed by atoms with Gasteiger partial charge < -0.3 is 4.90 Å². The highest BCUT2D eigenvalue weighted by Crippen LogP contribution is 1.84. The van der Waals surface area contributed by atoms with E-state index >= 15 is 0 Å². The largest absolute Gasteiger partial charge is 0.381 e. The van der Waals surface area contributed by atoms with Crippen molar-refractivity contribution in [3.8, 4) is 0 Å². The summed E-state index contributed by atoms with van der Waals surface area (Å²) in [5.41, 5.74) is 0. The van der Waals surface area contributed by atoms with Crippen molar-refractivity contribution in [3.63, 3.8) is 0 Å². The third-order valence-electron chi connectivity index (χ3n) is 1.06. The monoisotopic (exact) mass is 143 g/mol. The van der Waals surface area contributed by atoms with Crippen LogP contribution in [0.5, 0.6) is 0 Å². The van der Waals surface area contributed by atoms with Crippen LogP contribution in [0.1, 0.15) is 13.8 Å². The molecule has 0 saturated heterocycles. The lowest BCUT2D eigenvalue weighted by Gasteiger charge is -2.08. The van der Waals surface area contributed by atoms with E-state index in [-0.39, 0.29) is 0 Å². The van der Waals surface area contributed by atoms with Crippen LogP contribution in [0.4, 0.5) is 0 Å². The summed E-state index contributed by atoms with van der Waals surface area (Å²) in [6.45, 7) is 5.04. The molecule has 52 valence electrons. The van der Waals surface area contributed by atoms with Gasteiger partial charge in [0.15, 0.2) is 0 Å². The summed E-state index contributed by atoms with van der Waals surface area (Å²) in [7, 11) is 2.02. The lowest BCUT2D eigenvalue weighted by atomic mass is 10.4. The second kappa shape index (κ2) is 4.50. The zero-order valence-corrected chi connectivity index (χ0v) is 7.03. The number of hydrogen-bond acceptors (Lipinski definition) is 2. The number of nitrogens with zero attached hydrogens (tertiary/aromatic N) is 1. The average molecular weight is 143 g/mol. The fourth-order valence-corrected chi connectivity index (χ4v) is 0.398. The fraction of sp³-hybridized carbons (Fsp3) is 0.571. The molecule has 0 aromatic rings. The molecule has 0 atom stereocenters. The predicted octanol–water partition coefficient (Wildman–Crippen LogP) is 1.84. The maximum Gasteiger partial charge on any atom is 0.0140 e. The SMILES string of the molecule is CCN(C)/C=C\C(C)=S. The molecular formula is C7H13NS. The van der Waals surface area contributed by atoms with Crippen molar-refractivity contribution in [1.29, 1.82) is 0 Å². The van der Waals surface area contributed by atoms with E-state index in [4.69, 9.17) is 12.2 Å². The molecule has 0 rings (SSSR count). The predicted molar refractivity (Wildman–Crippen MR) is 45.7 cm³/mol. The molecule has 9 heavy (non-hydrogen) atoms. The van der Waals surface area contributed by atoms with Gasteiger partial charge >= 0.3 is 0 Å². The van der Waals surface area contributed by atoms with Crippen molar-refractivity contribution in [2.45, 2.75) is 13.8 Å². The zero-order chi connectivity index (χ0) is 7.28. The molecule has 0 N–H and O–H groups in total. The van der Waals surface area contributed by atoms with Gasteiger partial charge in [0.05, 0.1) is 0 Å². The summed E-state index contributed by atoms with van der Waals surface area (Å²) >= 11 is 4.85. The summed E-state index contributed by atoms with van der Waals surface area (Å²) in [5.74, 6) is 0. The smallest absolute Gasteiger partial charge is 0.0140 e. The average Bonchev–Trinajstić information content (AvgIpc) is 1.83. The van der Waals surface area contributed by atoms with E-state index in [1.807, 2.05) is 26.2 Å². The van der Waals surface area contributed by atoms with Crippen LogP contribution in [-0.4, -0.2) is 23.4 Å². The summed E-state index contributed by atoms with van der Waals surface area (Å²) in [6, 6.07) is 0. The van der Waals surface area contributed by atoms with Crippen LogP contribution in [0.2, 0.25) is 0 Å². The standard InChI is InChI=1S/C7H13NS/c1-4-8(3)6-5-7(2)9/h5-6H,4H2,1-3H3/b6-5-.